The number of anilines is 1. The predicted octanol–water partition coefficient (Wildman–Crippen LogP) is 1.11. The Morgan fingerprint density at radius 3 is 2.94 bits per heavy atom. The van der Waals surface area contributed by atoms with E-state index in [1.54, 1.807) is 11.0 Å². The molecule has 0 radical (unpaired) electrons. The molecule has 1 aromatic carbocycles. The van der Waals surface area contributed by atoms with Crippen LogP contribution in [0.25, 0.3) is 0 Å². The molecule has 4 nitrogen and oxygen atoms in total. The highest BCUT2D eigenvalue weighted by molar-refractivity contribution is 5.96. The van der Waals surface area contributed by atoms with E-state index in [1.165, 1.54) is 12.1 Å². The smallest absolute Gasteiger partial charge is 0.227 e. The minimum absolute atomic E-state index is 0.0294. The molecule has 0 aliphatic carbocycles. The van der Waals surface area contributed by atoms with Gasteiger partial charge in [-0.3, -0.25) is 4.79 Å². The van der Waals surface area contributed by atoms with E-state index in [9.17, 15) is 9.18 Å². The van der Waals surface area contributed by atoms with Crippen molar-refractivity contribution in [2.24, 2.45) is 0 Å². The number of amides is 1. The predicted molar refractivity (Wildman–Crippen MR) is 65.0 cm³/mol. The standard InChI is InChI=1S/C13H16FNO3/c14-11-2-3-12-10(9-11)1-4-13(17)15(12)5-7-18-8-6-16/h2-3,9,16H,1,4-8H2. The number of ether oxygens (including phenoxy) is 1. The Kier molecular flexibility index (Phi) is 4.28. The van der Waals surface area contributed by atoms with Crippen molar-refractivity contribution in [2.45, 2.75) is 12.8 Å². The number of aryl methyl sites for hydroxylation is 1. The van der Waals surface area contributed by atoms with E-state index in [-0.39, 0.29) is 24.9 Å². The van der Waals surface area contributed by atoms with Crippen LogP contribution in [-0.4, -0.2) is 37.4 Å². The molecule has 0 atom stereocenters. The van der Waals surface area contributed by atoms with Gasteiger partial charge in [0.15, 0.2) is 0 Å². The lowest BCUT2D eigenvalue weighted by atomic mass is 10.0. The molecular weight excluding hydrogens is 237 g/mol. The highest BCUT2D eigenvalue weighted by Gasteiger charge is 2.23. The largest absolute Gasteiger partial charge is 0.394 e. The first kappa shape index (κ1) is 13.0. The van der Waals surface area contributed by atoms with Gasteiger partial charge in [0, 0.05) is 18.7 Å². The molecule has 1 aliphatic heterocycles. The molecule has 1 amide bonds. The fourth-order valence-electron chi connectivity index (χ4n) is 2.10. The van der Waals surface area contributed by atoms with E-state index in [0.29, 0.717) is 26.0 Å². The molecule has 2 rings (SSSR count). The number of fused-ring (bicyclic) bond motifs is 1. The molecule has 1 heterocycles. The van der Waals surface area contributed by atoms with Gasteiger partial charge in [-0.1, -0.05) is 0 Å². The third-order valence-corrected chi connectivity index (χ3v) is 2.94. The average molecular weight is 253 g/mol. The number of hydrogen-bond acceptors (Lipinski definition) is 3. The van der Waals surface area contributed by atoms with Crippen LogP contribution in [0.5, 0.6) is 0 Å². The average Bonchev–Trinajstić information content (AvgIpc) is 2.37. The lowest BCUT2D eigenvalue weighted by Crippen LogP contribution is -2.37. The summed E-state index contributed by atoms with van der Waals surface area (Å²) < 4.78 is 18.3. The van der Waals surface area contributed by atoms with Crippen LogP contribution in [0, 0.1) is 5.82 Å². The van der Waals surface area contributed by atoms with Crippen LogP contribution in [-0.2, 0) is 16.0 Å². The van der Waals surface area contributed by atoms with Crippen molar-refractivity contribution in [3.8, 4) is 0 Å². The summed E-state index contributed by atoms with van der Waals surface area (Å²) in [5, 5.41) is 8.60. The van der Waals surface area contributed by atoms with Crippen LogP contribution in [0.2, 0.25) is 0 Å². The second-order valence-corrected chi connectivity index (χ2v) is 4.15. The van der Waals surface area contributed by atoms with E-state index >= 15 is 0 Å². The fraction of sp³-hybridized carbons (Fsp3) is 0.462. The third-order valence-electron chi connectivity index (χ3n) is 2.94. The molecule has 18 heavy (non-hydrogen) atoms. The van der Waals surface area contributed by atoms with Gasteiger partial charge in [-0.05, 0) is 30.2 Å². The van der Waals surface area contributed by atoms with Gasteiger partial charge in [-0.2, -0.15) is 0 Å². The number of benzene rings is 1. The second-order valence-electron chi connectivity index (χ2n) is 4.15. The van der Waals surface area contributed by atoms with Gasteiger partial charge in [0.25, 0.3) is 0 Å². The van der Waals surface area contributed by atoms with Gasteiger partial charge in [-0.25, -0.2) is 4.39 Å². The number of nitrogens with zero attached hydrogens (tertiary/aromatic N) is 1. The van der Waals surface area contributed by atoms with E-state index in [0.717, 1.165) is 11.3 Å². The molecule has 5 heteroatoms. The molecule has 1 N–H and O–H groups in total. The Labute approximate surface area is 105 Å². The SMILES string of the molecule is O=C1CCc2cc(F)ccc2N1CCOCCO. The first-order valence-electron chi connectivity index (χ1n) is 6.00. The van der Waals surface area contributed by atoms with Crippen molar-refractivity contribution in [3.63, 3.8) is 0 Å². The molecule has 1 aromatic rings. The number of aliphatic hydroxyl groups excluding tert-OH is 1. The van der Waals surface area contributed by atoms with Gasteiger partial charge < -0.3 is 14.7 Å². The Bertz CT molecular complexity index is 436. The monoisotopic (exact) mass is 253 g/mol. The molecule has 0 saturated heterocycles. The van der Waals surface area contributed by atoms with E-state index in [2.05, 4.69) is 0 Å². The maximum atomic E-state index is 13.1. The van der Waals surface area contributed by atoms with Crippen molar-refractivity contribution in [1.29, 1.82) is 0 Å². The van der Waals surface area contributed by atoms with Gasteiger partial charge in [0.2, 0.25) is 5.91 Å². The summed E-state index contributed by atoms with van der Waals surface area (Å²) >= 11 is 0. The van der Waals surface area contributed by atoms with Gasteiger partial charge >= 0.3 is 0 Å². The zero-order valence-electron chi connectivity index (χ0n) is 10.1. The summed E-state index contributed by atoms with van der Waals surface area (Å²) in [6.07, 6.45) is 0.983. The minimum atomic E-state index is -0.278. The van der Waals surface area contributed by atoms with Crippen molar-refractivity contribution < 1.29 is 19.0 Å². The van der Waals surface area contributed by atoms with Crippen LogP contribution < -0.4 is 4.90 Å². The number of carbonyl (C=O) groups excluding carboxylic acids is 1. The fourth-order valence-corrected chi connectivity index (χ4v) is 2.10. The lowest BCUT2D eigenvalue weighted by molar-refractivity contribution is -0.119. The summed E-state index contributed by atoms with van der Waals surface area (Å²) in [4.78, 5) is 13.5. The Morgan fingerprint density at radius 1 is 1.33 bits per heavy atom. The molecule has 0 saturated carbocycles. The number of aliphatic hydroxyl groups is 1. The first-order valence-corrected chi connectivity index (χ1v) is 6.00. The quantitative estimate of drug-likeness (QED) is 0.800. The Hall–Kier alpha value is -1.46. The molecule has 0 unspecified atom stereocenters. The first-order chi connectivity index (χ1) is 8.72. The van der Waals surface area contributed by atoms with Crippen LogP contribution in [0.15, 0.2) is 18.2 Å². The van der Waals surface area contributed by atoms with Gasteiger partial charge in [-0.15, -0.1) is 0 Å². The maximum Gasteiger partial charge on any atom is 0.227 e. The zero-order chi connectivity index (χ0) is 13.0. The highest BCUT2D eigenvalue weighted by Crippen LogP contribution is 2.28. The maximum absolute atomic E-state index is 13.1. The van der Waals surface area contributed by atoms with Gasteiger partial charge in [0.05, 0.1) is 19.8 Å². The Balaban J connectivity index is 2.08. The number of hydrogen-bond donors (Lipinski definition) is 1. The summed E-state index contributed by atoms with van der Waals surface area (Å²) in [7, 11) is 0. The molecule has 98 valence electrons. The Morgan fingerprint density at radius 2 is 2.17 bits per heavy atom. The van der Waals surface area contributed by atoms with Crippen molar-refractivity contribution >= 4 is 11.6 Å². The van der Waals surface area contributed by atoms with Crippen LogP contribution >= 0.6 is 0 Å². The molecule has 0 aromatic heterocycles. The van der Waals surface area contributed by atoms with Crippen LogP contribution in [0.4, 0.5) is 10.1 Å². The van der Waals surface area contributed by atoms with Crippen molar-refractivity contribution in [3.05, 3.63) is 29.6 Å². The van der Waals surface area contributed by atoms with E-state index in [4.69, 9.17) is 9.84 Å². The second kappa shape index (κ2) is 5.93. The van der Waals surface area contributed by atoms with E-state index in [1.807, 2.05) is 0 Å². The zero-order valence-corrected chi connectivity index (χ0v) is 10.1. The molecule has 0 fully saturated rings. The molecule has 1 aliphatic rings. The summed E-state index contributed by atoms with van der Waals surface area (Å²) in [6.45, 7) is 1.02. The molecular formula is C13H16FNO3. The number of carbonyl (C=O) groups is 1. The minimum Gasteiger partial charge on any atom is -0.394 e. The summed E-state index contributed by atoms with van der Waals surface area (Å²) in [5.41, 5.74) is 1.62. The summed E-state index contributed by atoms with van der Waals surface area (Å²) in [6, 6.07) is 4.47. The lowest BCUT2D eigenvalue weighted by Gasteiger charge is -2.29. The number of halogens is 1. The molecule has 0 spiro atoms. The van der Waals surface area contributed by atoms with Crippen LogP contribution in [0.3, 0.4) is 0 Å². The number of rotatable bonds is 5. The van der Waals surface area contributed by atoms with Crippen molar-refractivity contribution in [1.82, 2.24) is 0 Å². The van der Waals surface area contributed by atoms with Crippen LogP contribution in [0.1, 0.15) is 12.0 Å². The van der Waals surface area contributed by atoms with E-state index < -0.39 is 0 Å². The van der Waals surface area contributed by atoms with Gasteiger partial charge in [0.1, 0.15) is 5.82 Å². The third kappa shape index (κ3) is 2.86. The normalized spacial score (nSPS) is 14.8. The summed E-state index contributed by atoms with van der Waals surface area (Å²) in [5.74, 6) is -0.249. The topological polar surface area (TPSA) is 49.8 Å². The van der Waals surface area contributed by atoms with Crippen molar-refractivity contribution in [2.75, 3.05) is 31.3 Å². The highest BCUT2D eigenvalue weighted by atomic mass is 19.1. The molecule has 0 bridgehead atoms.